The molecule has 0 aliphatic carbocycles. The van der Waals surface area contributed by atoms with Crippen LogP contribution in [0.1, 0.15) is 12.0 Å². The largest absolute Gasteiger partial charge is 0.481 e. The molecule has 0 saturated heterocycles. The first-order chi connectivity index (χ1) is 7.33. The molecule has 0 radical (unpaired) electrons. The summed E-state index contributed by atoms with van der Waals surface area (Å²) in [6.45, 7) is 1.76. The zero-order valence-corrected chi connectivity index (χ0v) is 10.2. The lowest BCUT2D eigenvalue weighted by molar-refractivity contribution is -0.136. The molecule has 0 atom stereocenters. The van der Waals surface area contributed by atoms with Gasteiger partial charge in [0, 0.05) is 5.02 Å². The fourth-order valence-electron chi connectivity index (χ4n) is 1.11. The van der Waals surface area contributed by atoms with Gasteiger partial charge in [-0.05, 0) is 24.6 Å². The highest BCUT2D eigenvalue weighted by Gasteiger charge is 2.16. The van der Waals surface area contributed by atoms with Crippen molar-refractivity contribution in [3.8, 4) is 0 Å². The predicted octanol–water partition coefficient (Wildman–Crippen LogP) is 1.90. The smallest absolute Gasteiger partial charge is 0.304 e. The Morgan fingerprint density at radius 1 is 1.44 bits per heavy atom. The third kappa shape index (κ3) is 3.21. The molecule has 0 unspecified atom stereocenters. The van der Waals surface area contributed by atoms with Crippen LogP contribution in [0.5, 0.6) is 0 Å². The van der Waals surface area contributed by atoms with Crippen molar-refractivity contribution in [2.45, 2.75) is 18.2 Å². The minimum absolute atomic E-state index is 0.0596. The normalized spacial score (nSPS) is 11.4. The monoisotopic (exact) mass is 262 g/mol. The lowest BCUT2D eigenvalue weighted by Gasteiger charge is -2.04. The predicted molar refractivity (Wildman–Crippen MR) is 60.5 cm³/mol. The first-order valence-corrected chi connectivity index (χ1v) is 6.56. The Balaban J connectivity index is 2.99. The molecule has 4 nitrogen and oxygen atoms in total. The molecule has 16 heavy (non-hydrogen) atoms. The van der Waals surface area contributed by atoms with E-state index in [1.807, 2.05) is 0 Å². The molecule has 0 aliphatic rings. The molecule has 0 aliphatic heterocycles. The first kappa shape index (κ1) is 13.0. The van der Waals surface area contributed by atoms with Gasteiger partial charge in [-0.25, -0.2) is 8.42 Å². The van der Waals surface area contributed by atoms with Gasteiger partial charge in [0.25, 0.3) is 0 Å². The van der Waals surface area contributed by atoms with Crippen molar-refractivity contribution in [1.82, 2.24) is 0 Å². The Labute approximate surface area is 98.8 Å². The summed E-state index contributed by atoms with van der Waals surface area (Å²) < 4.78 is 23.4. The van der Waals surface area contributed by atoms with Crippen LogP contribution in [-0.4, -0.2) is 25.2 Å². The zero-order chi connectivity index (χ0) is 12.3. The van der Waals surface area contributed by atoms with E-state index in [1.165, 1.54) is 12.1 Å². The van der Waals surface area contributed by atoms with E-state index in [2.05, 4.69) is 0 Å². The van der Waals surface area contributed by atoms with E-state index in [0.717, 1.165) is 5.56 Å². The molecule has 0 heterocycles. The van der Waals surface area contributed by atoms with Gasteiger partial charge in [0.15, 0.2) is 9.84 Å². The van der Waals surface area contributed by atoms with Crippen LogP contribution in [0.2, 0.25) is 5.02 Å². The molecule has 1 N–H and O–H groups in total. The summed E-state index contributed by atoms with van der Waals surface area (Å²) in [6.07, 6.45) is -0.409. The Kier molecular flexibility index (Phi) is 3.93. The first-order valence-electron chi connectivity index (χ1n) is 4.53. The van der Waals surface area contributed by atoms with E-state index in [-0.39, 0.29) is 4.90 Å². The molecule has 0 bridgehead atoms. The maximum absolute atomic E-state index is 11.7. The topological polar surface area (TPSA) is 71.4 Å². The third-order valence-corrected chi connectivity index (χ3v) is 4.21. The Morgan fingerprint density at radius 3 is 2.56 bits per heavy atom. The number of carboxylic acids is 1. The van der Waals surface area contributed by atoms with Crippen LogP contribution in [0.4, 0.5) is 0 Å². The van der Waals surface area contributed by atoms with Gasteiger partial charge < -0.3 is 5.11 Å². The SMILES string of the molecule is Cc1ccc(S(=O)(=O)CCC(=O)O)cc1Cl. The van der Waals surface area contributed by atoms with E-state index >= 15 is 0 Å². The number of rotatable bonds is 4. The molecule has 0 amide bonds. The number of sulfone groups is 1. The summed E-state index contributed by atoms with van der Waals surface area (Å²) in [5, 5.41) is 8.79. The molecule has 6 heteroatoms. The Morgan fingerprint density at radius 2 is 2.06 bits per heavy atom. The van der Waals surface area contributed by atoms with Gasteiger partial charge >= 0.3 is 5.97 Å². The minimum atomic E-state index is -3.56. The second kappa shape index (κ2) is 4.84. The fraction of sp³-hybridized carbons (Fsp3) is 0.300. The van der Waals surface area contributed by atoms with Crippen molar-refractivity contribution in [3.63, 3.8) is 0 Å². The number of carboxylic acid groups (broad SMARTS) is 1. The molecule has 1 rings (SSSR count). The third-order valence-electron chi connectivity index (χ3n) is 2.09. The lowest BCUT2D eigenvalue weighted by atomic mass is 10.2. The summed E-state index contributed by atoms with van der Waals surface area (Å²) in [7, 11) is -3.56. The number of hydrogen-bond acceptors (Lipinski definition) is 3. The maximum atomic E-state index is 11.7. The van der Waals surface area contributed by atoms with E-state index in [4.69, 9.17) is 16.7 Å². The number of carbonyl (C=O) groups is 1. The van der Waals surface area contributed by atoms with E-state index < -0.39 is 28.0 Å². The molecular formula is C10H11ClO4S. The molecule has 0 spiro atoms. The number of halogens is 1. The van der Waals surface area contributed by atoms with Gasteiger partial charge in [-0.15, -0.1) is 0 Å². The van der Waals surface area contributed by atoms with Crippen molar-refractivity contribution >= 4 is 27.4 Å². The Bertz CT molecular complexity index is 508. The van der Waals surface area contributed by atoms with Crippen molar-refractivity contribution in [3.05, 3.63) is 28.8 Å². The molecule has 1 aromatic rings. The van der Waals surface area contributed by atoms with E-state index in [0.29, 0.717) is 5.02 Å². The Hall–Kier alpha value is -1.07. The average molecular weight is 263 g/mol. The van der Waals surface area contributed by atoms with Gasteiger partial charge in [0.1, 0.15) is 0 Å². The zero-order valence-electron chi connectivity index (χ0n) is 8.60. The lowest BCUT2D eigenvalue weighted by Crippen LogP contribution is -2.11. The minimum Gasteiger partial charge on any atom is -0.481 e. The number of hydrogen-bond donors (Lipinski definition) is 1. The highest BCUT2D eigenvalue weighted by Crippen LogP contribution is 2.21. The summed E-state index contributed by atoms with van der Waals surface area (Å²) in [4.78, 5) is 10.4. The number of aliphatic carboxylic acids is 1. The van der Waals surface area contributed by atoms with Crippen LogP contribution in [0.3, 0.4) is 0 Å². The quantitative estimate of drug-likeness (QED) is 0.900. The van der Waals surface area contributed by atoms with Gasteiger partial charge in [0.2, 0.25) is 0 Å². The van der Waals surface area contributed by atoms with Crippen molar-refractivity contribution < 1.29 is 18.3 Å². The van der Waals surface area contributed by atoms with Crippen LogP contribution in [-0.2, 0) is 14.6 Å². The van der Waals surface area contributed by atoms with E-state index in [9.17, 15) is 13.2 Å². The van der Waals surface area contributed by atoms with Crippen LogP contribution in [0.15, 0.2) is 23.1 Å². The fourth-order valence-corrected chi connectivity index (χ4v) is 2.60. The second-order valence-electron chi connectivity index (χ2n) is 3.37. The second-order valence-corrected chi connectivity index (χ2v) is 5.89. The summed E-state index contributed by atoms with van der Waals surface area (Å²) in [5.41, 5.74) is 0.777. The summed E-state index contributed by atoms with van der Waals surface area (Å²) >= 11 is 5.80. The summed E-state index contributed by atoms with van der Waals surface area (Å²) in [6, 6.07) is 4.36. The van der Waals surface area contributed by atoms with Crippen LogP contribution in [0.25, 0.3) is 0 Å². The average Bonchev–Trinajstić information content (AvgIpc) is 2.19. The van der Waals surface area contributed by atoms with Gasteiger partial charge in [-0.3, -0.25) is 4.79 Å². The van der Waals surface area contributed by atoms with Crippen molar-refractivity contribution in [2.75, 3.05) is 5.75 Å². The molecule has 0 saturated carbocycles. The number of benzene rings is 1. The molecule has 0 fully saturated rings. The molecular weight excluding hydrogens is 252 g/mol. The van der Waals surface area contributed by atoms with Crippen molar-refractivity contribution in [1.29, 1.82) is 0 Å². The van der Waals surface area contributed by atoms with Crippen LogP contribution in [0, 0.1) is 6.92 Å². The van der Waals surface area contributed by atoms with Crippen LogP contribution < -0.4 is 0 Å². The highest BCUT2D eigenvalue weighted by atomic mass is 35.5. The highest BCUT2D eigenvalue weighted by molar-refractivity contribution is 7.91. The standard InChI is InChI=1S/C10H11ClO4S/c1-7-2-3-8(6-9(7)11)16(14,15)5-4-10(12)13/h2-3,6H,4-5H2,1H3,(H,12,13). The molecule has 1 aromatic carbocycles. The van der Waals surface area contributed by atoms with Gasteiger partial charge in [0.05, 0.1) is 17.1 Å². The maximum Gasteiger partial charge on any atom is 0.304 e. The van der Waals surface area contributed by atoms with Crippen LogP contribution >= 0.6 is 11.6 Å². The van der Waals surface area contributed by atoms with Gasteiger partial charge in [-0.1, -0.05) is 17.7 Å². The van der Waals surface area contributed by atoms with Gasteiger partial charge in [-0.2, -0.15) is 0 Å². The van der Waals surface area contributed by atoms with Crippen molar-refractivity contribution in [2.24, 2.45) is 0 Å². The molecule has 88 valence electrons. The number of aryl methyl sites for hydroxylation is 1. The summed E-state index contributed by atoms with van der Waals surface area (Å²) in [5.74, 6) is -1.55. The van der Waals surface area contributed by atoms with E-state index in [1.54, 1.807) is 13.0 Å². The molecule has 0 aromatic heterocycles.